The number of aliphatic hydroxyl groups excluding tert-OH is 1. The van der Waals surface area contributed by atoms with Gasteiger partial charge in [-0.25, -0.2) is 0 Å². The number of rotatable bonds is 4. The summed E-state index contributed by atoms with van der Waals surface area (Å²) < 4.78 is 1.51. The zero-order valence-corrected chi connectivity index (χ0v) is 11.5. The highest BCUT2D eigenvalue weighted by molar-refractivity contribution is 6.41. The first-order valence-corrected chi connectivity index (χ1v) is 6.06. The zero-order chi connectivity index (χ0) is 13.2. The van der Waals surface area contributed by atoms with Crippen LogP contribution in [0.2, 0.25) is 10.2 Å². The molecule has 0 saturated carbocycles. The van der Waals surface area contributed by atoms with Crippen LogP contribution in [0.5, 0.6) is 0 Å². The fraction of sp³-hybridized carbons (Fsp3) is 0.545. The summed E-state index contributed by atoms with van der Waals surface area (Å²) in [6.07, 6.45) is 0. The van der Waals surface area contributed by atoms with Crippen LogP contribution in [-0.4, -0.2) is 28.2 Å². The van der Waals surface area contributed by atoms with Crippen LogP contribution < -0.4 is 5.32 Å². The van der Waals surface area contributed by atoms with Gasteiger partial charge in [0, 0.05) is 7.05 Å². The first-order chi connectivity index (χ1) is 7.88. The SMILES string of the molecule is CC(C)C(CO)NC(=O)c1cc(Cl)c(Cl)n1C. The minimum Gasteiger partial charge on any atom is -0.394 e. The van der Waals surface area contributed by atoms with Crippen LogP contribution in [0.3, 0.4) is 0 Å². The minimum atomic E-state index is -0.297. The van der Waals surface area contributed by atoms with E-state index in [1.807, 2.05) is 13.8 Å². The van der Waals surface area contributed by atoms with Crippen molar-refractivity contribution < 1.29 is 9.90 Å². The number of halogens is 2. The molecular formula is C11H16Cl2N2O2. The molecule has 1 aromatic heterocycles. The molecule has 0 bridgehead atoms. The lowest BCUT2D eigenvalue weighted by Crippen LogP contribution is -2.41. The molecule has 0 fully saturated rings. The number of aliphatic hydroxyl groups is 1. The number of nitrogens with one attached hydrogen (secondary N) is 1. The highest BCUT2D eigenvalue weighted by atomic mass is 35.5. The van der Waals surface area contributed by atoms with Crippen molar-refractivity contribution in [3.05, 3.63) is 21.9 Å². The highest BCUT2D eigenvalue weighted by Gasteiger charge is 2.20. The van der Waals surface area contributed by atoms with Crippen molar-refractivity contribution in [1.82, 2.24) is 9.88 Å². The van der Waals surface area contributed by atoms with E-state index in [1.165, 1.54) is 10.6 Å². The minimum absolute atomic E-state index is 0.102. The molecule has 0 radical (unpaired) electrons. The van der Waals surface area contributed by atoms with Gasteiger partial charge in [0.15, 0.2) is 0 Å². The first-order valence-electron chi connectivity index (χ1n) is 5.31. The monoisotopic (exact) mass is 278 g/mol. The molecule has 96 valence electrons. The van der Waals surface area contributed by atoms with E-state index in [9.17, 15) is 4.79 Å². The molecule has 17 heavy (non-hydrogen) atoms. The Morgan fingerprint density at radius 1 is 1.53 bits per heavy atom. The van der Waals surface area contributed by atoms with Gasteiger partial charge in [0.25, 0.3) is 5.91 Å². The molecular weight excluding hydrogens is 263 g/mol. The molecule has 1 amide bonds. The molecule has 0 aliphatic carbocycles. The van der Waals surface area contributed by atoms with Gasteiger partial charge in [-0.1, -0.05) is 37.0 Å². The van der Waals surface area contributed by atoms with Gasteiger partial charge in [-0.15, -0.1) is 0 Å². The summed E-state index contributed by atoms with van der Waals surface area (Å²) in [5.74, 6) is -0.149. The molecule has 0 aromatic carbocycles. The van der Waals surface area contributed by atoms with Crippen molar-refractivity contribution in [2.75, 3.05) is 6.61 Å². The number of amides is 1. The van der Waals surface area contributed by atoms with E-state index in [4.69, 9.17) is 28.3 Å². The Morgan fingerprint density at radius 2 is 2.12 bits per heavy atom. The van der Waals surface area contributed by atoms with Crippen LogP contribution in [0.1, 0.15) is 24.3 Å². The molecule has 1 heterocycles. The third-order valence-electron chi connectivity index (χ3n) is 2.67. The summed E-state index contributed by atoms with van der Waals surface area (Å²) >= 11 is 11.7. The summed E-state index contributed by atoms with van der Waals surface area (Å²) in [4.78, 5) is 11.9. The number of carbonyl (C=O) groups excluding carboxylic acids is 1. The summed E-state index contributed by atoms with van der Waals surface area (Å²) in [6, 6.07) is 1.23. The Balaban J connectivity index is 2.86. The van der Waals surface area contributed by atoms with Gasteiger partial charge in [0.05, 0.1) is 17.7 Å². The van der Waals surface area contributed by atoms with Crippen LogP contribution in [0.4, 0.5) is 0 Å². The number of nitrogens with zero attached hydrogens (tertiary/aromatic N) is 1. The Labute approximate surface area is 111 Å². The largest absolute Gasteiger partial charge is 0.394 e. The van der Waals surface area contributed by atoms with Crippen molar-refractivity contribution >= 4 is 29.1 Å². The fourth-order valence-corrected chi connectivity index (χ4v) is 1.80. The van der Waals surface area contributed by atoms with E-state index in [0.717, 1.165) is 0 Å². The predicted molar refractivity (Wildman–Crippen MR) is 68.6 cm³/mol. The normalized spacial score (nSPS) is 12.9. The van der Waals surface area contributed by atoms with Gasteiger partial charge in [0.1, 0.15) is 10.8 Å². The molecule has 2 N–H and O–H groups in total. The second-order valence-electron chi connectivity index (χ2n) is 4.23. The fourth-order valence-electron chi connectivity index (χ4n) is 1.43. The molecule has 6 heteroatoms. The third-order valence-corrected chi connectivity index (χ3v) is 3.51. The number of hydrogen-bond donors (Lipinski definition) is 2. The smallest absolute Gasteiger partial charge is 0.268 e. The zero-order valence-electron chi connectivity index (χ0n) is 10.00. The van der Waals surface area contributed by atoms with Gasteiger partial charge in [-0.05, 0) is 12.0 Å². The van der Waals surface area contributed by atoms with E-state index in [0.29, 0.717) is 15.9 Å². The van der Waals surface area contributed by atoms with Crippen molar-refractivity contribution in [1.29, 1.82) is 0 Å². The molecule has 0 aliphatic heterocycles. The van der Waals surface area contributed by atoms with Crippen molar-refractivity contribution in [2.24, 2.45) is 13.0 Å². The maximum absolute atomic E-state index is 11.9. The lowest BCUT2D eigenvalue weighted by atomic mass is 10.1. The molecule has 0 aliphatic rings. The van der Waals surface area contributed by atoms with E-state index >= 15 is 0 Å². The average Bonchev–Trinajstić information content (AvgIpc) is 2.53. The molecule has 1 atom stereocenters. The van der Waals surface area contributed by atoms with Gasteiger partial charge in [0.2, 0.25) is 0 Å². The molecule has 1 rings (SSSR count). The summed E-state index contributed by atoms with van der Waals surface area (Å²) in [5.41, 5.74) is 0.374. The maximum atomic E-state index is 11.9. The Morgan fingerprint density at radius 3 is 2.47 bits per heavy atom. The van der Waals surface area contributed by atoms with E-state index in [1.54, 1.807) is 7.05 Å². The second kappa shape index (κ2) is 5.76. The van der Waals surface area contributed by atoms with E-state index in [2.05, 4.69) is 5.32 Å². The molecule has 1 unspecified atom stereocenters. The maximum Gasteiger partial charge on any atom is 0.268 e. The Kier molecular flexibility index (Phi) is 4.86. The van der Waals surface area contributed by atoms with Crippen LogP contribution >= 0.6 is 23.2 Å². The standard InChI is InChI=1S/C11H16Cl2N2O2/c1-6(2)8(5-16)14-11(17)9-4-7(12)10(13)15(9)3/h4,6,8,16H,5H2,1-3H3,(H,14,17). The van der Waals surface area contributed by atoms with Crippen LogP contribution in [0.15, 0.2) is 6.07 Å². The summed E-state index contributed by atoms with van der Waals surface area (Å²) in [7, 11) is 1.66. The van der Waals surface area contributed by atoms with Crippen molar-refractivity contribution in [3.8, 4) is 0 Å². The third kappa shape index (κ3) is 3.15. The summed E-state index contributed by atoms with van der Waals surface area (Å²) in [5, 5.41) is 12.5. The molecule has 1 aromatic rings. The molecule has 0 saturated heterocycles. The van der Waals surface area contributed by atoms with Gasteiger partial charge < -0.3 is 15.0 Å². The van der Waals surface area contributed by atoms with Crippen molar-refractivity contribution in [2.45, 2.75) is 19.9 Å². The topological polar surface area (TPSA) is 54.3 Å². The van der Waals surface area contributed by atoms with Gasteiger partial charge in [-0.2, -0.15) is 0 Å². The lowest BCUT2D eigenvalue weighted by molar-refractivity contribution is 0.0888. The quantitative estimate of drug-likeness (QED) is 0.886. The average molecular weight is 279 g/mol. The van der Waals surface area contributed by atoms with E-state index in [-0.39, 0.29) is 24.5 Å². The van der Waals surface area contributed by atoms with Gasteiger partial charge >= 0.3 is 0 Å². The van der Waals surface area contributed by atoms with Gasteiger partial charge in [-0.3, -0.25) is 4.79 Å². The number of aromatic nitrogens is 1. The Hall–Kier alpha value is -0.710. The summed E-state index contributed by atoms with van der Waals surface area (Å²) in [6.45, 7) is 3.74. The molecule has 0 spiro atoms. The number of carbonyl (C=O) groups is 1. The highest BCUT2D eigenvalue weighted by Crippen LogP contribution is 2.25. The predicted octanol–water partition coefficient (Wildman–Crippen LogP) is 2.08. The Bertz CT molecular complexity index is 416. The first kappa shape index (κ1) is 14.4. The number of hydrogen-bond acceptors (Lipinski definition) is 2. The second-order valence-corrected chi connectivity index (χ2v) is 5.00. The van der Waals surface area contributed by atoms with Crippen molar-refractivity contribution in [3.63, 3.8) is 0 Å². The molecule has 4 nitrogen and oxygen atoms in total. The van der Waals surface area contributed by atoms with E-state index < -0.39 is 0 Å². The van der Waals surface area contributed by atoms with Crippen LogP contribution in [0.25, 0.3) is 0 Å². The lowest BCUT2D eigenvalue weighted by Gasteiger charge is -2.19. The van der Waals surface area contributed by atoms with Crippen LogP contribution in [0, 0.1) is 5.92 Å². The van der Waals surface area contributed by atoms with Crippen LogP contribution in [-0.2, 0) is 7.05 Å².